The van der Waals surface area contributed by atoms with Crippen LogP contribution in [0.1, 0.15) is 11.3 Å². The van der Waals surface area contributed by atoms with E-state index in [0.717, 1.165) is 21.6 Å². The van der Waals surface area contributed by atoms with Gasteiger partial charge in [-0.3, -0.25) is 0 Å². The second-order valence-corrected chi connectivity index (χ2v) is 3.49. The number of benzene rings is 1. The van der Waals surface area contributed by atoms with Gasteiger partial charge < -0.3 is 4.98 Å². The standard InChI is InChI=1S/C10H10ClN/c1-6-3-4-9-8(5-6)10(11)7(2)12-9/h3-5,12H,1-2H3. The number of nitrogens with one attached hydrogen (secondary N) is 1. The fraction of sp³-hybridized carbons (Fsp3) is 0.200. The lowest BCUT2D eigenvalue weighted by atomic mass is 10.2. The van der Waals surface area contributed by atoms with Gasteiger partial charge in [0.05, 0.1) is 5.02 Å². The second-order valence-electron chi connectivity index (χ2n) is 3.11. The summed E-state index contributed by atoms with van der Waals surface area (Å²) in [4.78, 5) is 3.22. The van der Waals surface area contributed by atoms with Crippen LogP contribution in [0, 0.1) is 13.8 Å². The van der Waals surface area contributed by atoms with E-state index in [1.807, 2.05) is 6.92 Å². The molecule has 1 aromatic heterocycles. The number of aromatic nitrogens is 1. The Kier molecular flexibility index (Phi) is 1.62. The Labute approximate surface area is 76.4 Å². The maximum absolute atomic E-state index is 6.08. The van der Waals surface area contributed by atoms with E-state index in [1.54, 1.807) is 0 Å². The Bertz CT molecular complexity index is 429. The Morgan fingerprint density at radius 2 is 2.00 bits per heavy atom. The van der Waals surface area contributed by atoms with Crippen molar-refractivity contribution in [2.24, 2.45) is 0 Å². The molecular formula is C10H10ClN. The number of hydrogen-bond donors (Lipinski definition) is 1. The zero-order valence-electron chi connectivity index (χ0n) is 7.11. The van der Waals surface area contributed by atoms with Crippen molar-refractivity contribution in [1.29, 1.82) is 0 Å². The van der Waals surface area contributed by atoms with Gasteiger partial charge in [0.1, 0.15) is 0 Å². The largest absolute Gasteiger partial charge is 0.357 e. The third-order valence-corrected chi connectivity index (χ3v) is 2.55. The zero-order valence-corrected chi connectivity index (χ0v) is 7.87. The molecule has 2 aromatic rings. The lowest BCUT2D eigenvalue weighted by molar-refractivity contribution is 1.30. The monoisotopic (exact) mass is 179 g/mol. The average molecular weight is 180 g/mol. The van der Waals surface area contributed by atoms with Crippen LogP contribution in [0.2, 0.25) is 5.02 Å². The molecule has 12 heavy (non-hydrogen) atoms. The van der Waals surface area contributed by atoms with E-state index >= 15 is 0 Å². The predicted molar refractivity (Wildman–Crippen MR) is 52.8 cm³/mol. The number of hydrogen-bond acceptors (Lipinski definition) is 0. The molecule has 1 nitrogen and oxygen atoms in total. The Balaban J connectivity index is 2.88. The first kappa shape index (κ1) is 7.69. The van der Waals surface area contributed by atoms with E-state index in [9.17, 15) is 0 Å². The van der Waals surface area contributed by atoms with Crippen LogP contribution in [-0.2, 0) is 0 Å². The lowest BCUT2D eigenvalue weighted by Crippen LogP contribution is -1.70. The van der Waals surface area contributed by atoms with Crippen LogP contribution in [0.3, 0.4) is 0 Å². The Hall–Kier alpha value is -0.950. The molecule has 0 radical (unpaired) electrons. The van der Waals surface area contributed by atoms with E-state index in [2.05, 4.69) is 30.1 Å². The summed E-state index contributed by atoms with van der Waals surface area (Å²) in [5.41, 5.74) is 3.39. The molecule has 0 aliphatic rings. The molecule has 0 atom stereocenters. The first-order chi connectivity index (χ1) is 5.68. The number of H-pyrrole nitrogens is 1. The van der Waals surface area contributed by atoms with Gasteiger partial charge >= 0.3 is 0 Å². The van der Waals surface area contributed by atoms with Gasteiger partial charge in [0.25, 0.3) is 0 Å². The van der Waals surface area contributed by atoms with E-state index in [1.165, 1.54) is 5.56 Å². The Morgan fingerprint density at radius 1 is 1.25 bits per heavy atom. The van der Waals surface area contributed by atoms with E-state index in [4.69, 9.17) is 11.6 Å². The van der Waals surface area contributed by atoms with Crippen LogP contribution < -0.4 is 0 Å². The maximum atomic E-state index is 6.08. The smallest absolute Gasteiger partial charge is 0.0689 e. The molecule has 1 aromatic carbocycles. The second kappa shape index (κ2) is 2.53. The molecule has 0 aliphatic heterocycles. The third kappa shape index (κ3) is 1.01. The summed E-state index contributed by atoms with van der Waals surface area (Å²) in [5, 5.41) is 1.96. The highest BCUT2D eigenvalue weighted by atomic mass is 35.5. The summed E-state index contributed by atoms with van der Waals surface area (Å²) in [6, 6.07) is 6.24. The molecule has 2 heteroatoms. The van der Waals surface area contributed by atoms with Gasteiger partial charge in [-0.15, -0.1) is 0 Å². The lowest BCUT2D eigenvalue weighted by Gasteiger charge is -1.92. The quantitative estimate of drug-likeness (QED) is 0.638. The van der Waals surface area contributed by atoms with E-state index < -0.39 is 0 Å². The van der Waals surface area contributed by atoms with Crippen LogP contribution >= 0.6 is 11.6 Å². The molecule has 0 fully saturated rings. The SMILES string of the molecule is Cc1ccc2[nH]c(C)c(Cl)c2c1. The normalized spacial score (nSPS) is 10.9. The van der Waals surface area contributed by atoms with Crippen LogP contribution in [-0.4, -0.2) is 4.98 Å². The summed E-state index contributed by atoms with van der Waals surface area (Å²) in [5.74, 6) is 0. The molecular weight excluding hydrogens is 170 g/mol. The van der Waals surface area contributed by atoms with Gasteiger partial charge in [0.2, 0.25) is 0 Å². The summed E-state index contributed by atoms with van der Waals surface area (Å²) < 4.78 is 0. The molecule has 62 valence electrons. The van der Waals surface area contributed by atoms with E-state index in [0.29, 0.717) is 0 Å². The van der Waals surface area contributed by atoms with Crippen molar-refractivity contribution in [3.8, 4) is 0 Å². The van der Waals surface area contributed by atoms with Crippen molar-refractivity contribution in [2.45, 2.75) is 13.8 Å². The van der Waals surface area contributed by atoms with Gasteiger partial charge in [-0.2, -0.15) is 0 Å². The zero-order chi connectivity index (χ0) is 8.72. The highest BCUT2D eigenvalue weighted by molar-refractivity contribution is 6.36. The van der Waals surface area contributed by atoms with Crippen molar-refractivity contribution in [2.75, 3.05) is 0 Å². The molecule has 1 heterocycles. The van der Waals surface area contributed by atoms with Gasteiger partial charge in [-0.1, -0.05) is 23.2 Å². The van der Waals surface area contributed by atoms with Crippen LogP contribution in [0.15, 0.2) is 18.2 Å². The molecule has 0 amide bonds. The number of fused-ring (bicyclic) bond motifs is 1. The van der Waals surface area contributed by atoms with Crippen LogP contribution in [0.4, 0.5) is 0 Å². The van der Waals surface area contributed by atoms with Crippen LogP contribution in [0.25, 0.3) is 10.9 Å². The molecule has 0 aliphatic carbocycles. The van der Waals surface area contributed by atoms with Crippen LogP contribution in [0.5, 0.6) is 0 Å². The number of aryl methyl sites for hydroxylation is 2. The van der Waals surface area contributed by atoms with Gasteiger partial charge in [-0.05, 0) is 26.0 Å². The summed E-state index contributed by atoms with van der Waals surface area (Å²) in [6.07, 6.45) is 0. The van der Waals surface area contributed by atoms with Crippen molar-refractivity contribution in [1.82, 2.24) is 4.98 Å². The minimum atomic E-state index is 0.841. The van der Waals surface area contributed by atoms with Gasteiger partial charge in [0, 0.05) is 16.6 Å². The average Bonchev–Trinajstić information content (AvgIpc) is 2.31. The summed E-state index contributed by atoms with van der Waals surface area (Å²) >= 11 is 6.08. The molecule has 1 N–H and O–H groups in total. The minimum Gasteiger partial charge on any atom is -0.357 e. The van der Waals surface area contributed by atoms with E-state index in [-0.39, 0.29) is 0 Å². The number of halogens is 1. The van der Waals surface area contributed by atoms with Gasteiger partial charge in [-0.25, -0.2) is 0 Å². The van der Waals surface area contributed by atoms with Gasteiger partial charge in [0.15, 0.2) is 0 Å². The van der Waals surface area contributed by atoms with Crippen molar-refractivity contribution < 1.29 is 0 Å². The maximum Gasteiger partial charge on any atom is 0.0689 e. The van der Waals surface area contributed by atoms with Crippen molar-refractivity contribution >= 4 is 22.5 Å². The number of rotatable bonds is 0. The first-order valence-corrected chi connectivity index (χ1v) is 4.30. The molecule has 2 rings (SSSR count). The highest BCUT2D eigenvalue weighted by Crippen LogP contribution is 2.27. The third-order valence-electron chi connectivity index (χ3n) is 2.06. The predicted octanol–water partition coefficient (Wildman–Crippen LogP) is 3.44. The fourth-order valence-electron chi connectivity index (χ4n) is 1.41. The molecule has 0 saturated heterocycles. The minimum absolute atomic E-state index is 0.841. The molecule has 0 bridgehead atoms. The van der Waals surface area contributed by atoms with Crippen molar-refractivity contribution in [3.05, 3.63) is 34.5 Å². The Morgan fingerprint density at radius 3 is 2.75 bits per heavy atom. The molecule has 0 spiro atoms. The van der Waals surface area contributed by atoms with Crippen molar-refractivity contribution in [3.63, 3.8) is 0 Å². The topological polar surface area (TPSA) is 15.8 Å². The fourth-order valence-corrected chi connectivity index (χ4v) is 1.61. The number of aromatic amines is 1. The highest BCUT2D eigenvalue weighted by Gasteiger charge is 2.04. The molecule has 0 unspecified atom stereocenters. The first-order valence-electron chi connectivity index (χ1n) is 3.93. The summed E-state index contributed by atoms with van der Waals surface area (Å²) in [7, 11) is 0. The molecule has 0 saturated carbocycles. The summed E-state index contributed by atoms with van der Waals surface area (Å²) in [6.45, 7) is 4.05.